The number of carbonyl (C=O) groups excluding carboxylic acids is 2. The summed E-state index contributed by atoms with van der Waals surface area (Å²) in [6.07, 6.45) is 2.32. The molecule has 7 heteroatoms. The summed E-state index contributed by atoms with van der Waals surface area (Å²) in [4.78, 5) is 25.9. The van der Waals surface area contributed by atoms with Crippen LogP contribution in [0.2, 0.25) is 5.02 Å². The topological polar surface area (TPSA) is 67.9 Å². The van der Waals surface area contributed by atoms with Crippen LogP contribution >= 0.6 is 11.6 Å². The Bertz CT molecular complexity index is 900. The normalized spacial score (nSPS) is 13.5. The fourth-order valence-electron chi connectivity index (χ4n) is 3.23. The lowest BCUT2D eigenvalue weighted by molar-refractivity contribution is -0.117. The summed E-state index contributed by atoms with van der Waals surface area (Å²) in [6.45, 7) is 3.05. The Kier molecular flexibility index (Phi) is 6.99. The molecule has 1 heterocycles. The quantitative estimate of drug-likeness (QED) is 0.639. The van der Waals surface area contributed by atoms with E-state index in [4.69, 9.17) is 21.1 Å². The molecule has 1 saturated heterocycles. The Labute approximate surface area is 175 Å². The number of benzene rings is 2. The molecule has 2 aromatic rings. The van der Waals surface area contributed by atoms with Gasteiger partial charge in [-0.2, -0.15) is 0 Å². The molecule has 154 valence electrons. The van der Waals surface area contributed by atoms with Crippen LogP contribution in [0.4, 0.5) is 11.4 Å². The summed E-state index contributed by atoms with van der Waals surface area (Å²) in [5, 5.41) is 3.57. The van der Waals surface area contributed by atoms with Crippen LogP contribution in [0.1, 0.15) is 31.2 Å². The van der Waals surface area contributed by atoms with Crippen LogP contribution in [0, 0.1) is 6.92 Å². The number of ether oxygens (including phenoxy) is 2. The van der Waals surface area contributed by atoms with Crippen molar-refractivity contribution in [3.8, 4) is 11.5 Å². The predicted molar refractivity (Wildman–Crippen MR) is 114 cm³/mol. The van der Waals surface area contributed by atoms with Gasteiger partial charge in [-0.25, -0.2) is 0 Å². The smallest absolute Gasteiger partial charge is 0.227 e. The van der Waals surface area contributed by atoms with E-state index >= 15 is 0 Å². The Morgan fingerprint density at radius 3 is 2.76 bits per heavy atom. The first kappa shape index (κ1) is 21.0. The third kappa shape index (κ3) is 5.41. The van der Waals surface area contributed by atoms with E-state index in [1.165, 1.54) is 0 Å². The van der Waals surface area contributed by atoms with Crippen LogP contribution in [0.15, 0.2) is 36.4 Å². The van der Waals surface area contributed by atoms with Gasteiger partial charge in [0, 0.05) is 36.2 Å². The molecule has 0 unspecified atom stereocenters. The highest BCUT2D eigenvalue weighted by Gasteiger charge is 2.24. The summed E-state index contributed by atoms with van der Waals surface area (Å²) in [6, 6.07) is 10.8. The minimum Gasteiger partial charge on any atom is -0.494 e. The molecule has 29 heavy (non-hydrogen) atoms. The van der Waals surface area contributed by atoms with Crippen molar-refractivity contribution in [2.24, 2.45) is 0 Å². The largest absolute Gasteiger partial charge is 0.494 e. The molecule has 1 fully saturated rings. The molecule has 0 saturated carbocycles. The second-order valence-corrected chi connectivity index (χ2v) is 7.35. The average molecular weight is 417 g/mol. The first-order valence-electron chi connectivity index (χ1n) is 9.65. The average Bonchev–Trinajstić information content (AvgIpc) is 3.13. The van der Waals surface area contributed by atoms with Crippen LogP contribution in [0.3, 0.4) is 0 Å². The van der Waals surface area contributed by atoms with Crippen molar-refractivity contribution in [1.82, 2.24) is 0 Å². The highest BCUT2D eigenvalue weighted by molar-refractivity contribution is 6.31. The lowest BCUT2D eigenvalue weighted by Gasteiger charge is -2.19. The second-order valence-electron chi connectivity index (χ2n) is 6.95. The number of hydrogen-bond donors (Lipinski definition) is 1. The number of hydrogen-bond acceptors (Lipinski definition) is 4. The standard InChI is InChI=1S/C22H25ClN2O4/c1-15-13-17(8-9-18(15)23)29-12-4-5-21(26)24-16-7-10-19(20(14-16)28-2)25-11-3-6-22(25)27/h7-10,13-14H,3-6,11-12H2,1-2H3,(H,24,26). The lowest BCUT2D eigenvalue weighted by Crippen LogP contribution is -2.24. The molecule has 0 aliphatic carbocycles. The van der Waals surface area contributed by atoms with E-state index in [9.17, 15) is 9.59 Å². The van der Waals surface area contributed by atoms with Crippen molar-refractivity contribution in [2.75, 3.05) is 30.5 Å². The number of halogens is 1. The molecule has 1 aliphatic rings. The molecule has 0 aromatic heterocycles. The van der Waals surface area contributed by atoms with E-state index in [0.717, 1.165) is 23.4 Å². The Morgan fingerprint density at radius 1 is 1.24 bits per heavy atom. The predicted octanol–water partition coefficient (Wildman–Crippen LogP) is 4.58. The van der Waals surface area contributed by atoms with Gasteiger partial charge in [0.1, 0.15) is 11.5 Å². The fourth-order valence-corrected chi connectivity index (χ4v) is 3.35. The van der Waals surface area contributed by atoms with Gasteiger partial charge < -0.3 is 19.7 Å². The van der Waals surface area contributed by atoms with Crippen LogP contribution in [-0.4, -0.2) is 32.1 Å². The molecule has 2 amide bonds. The third-order valence-corrected chi connectivity index (χ3v) is 5.20. The van der Waals surface area contributed by atoms with Gasteiger partial charge in [-0.1, -0.05) is 11.6 Å². The summed E-state index contributed by atoms with van der Waals surface area (Å²) in [7, 11) is 1.56. The number of rotatable bonds is 8. The van der Waals surface area contributed by atoms with E-state index in [2.05, 4.69) is 5.32 Å². The van der Waals surface area contributed by atoms with Gasteiger partial charge >= 0.3 is 0 Å². The Balaban J connectivity index is 1.49. The molecular weight excluding hydrogens is 392 g/mol. The Hall–Kier alpha value is -2.73. The Morgan fingerprint density at radius 2 is 2.07 bits per heavy atom. The zero-order valence-electron chi connectivity index (χ0n) is 16.7. The van der Waals surface area contributed by atoms with Crippen LogP contribution in [0.25, 0.3) is 0 Å². The van der Waals surface area contributed by atoms with Crippen molar-refractivity contribution in [3.05, 3.63) is 47.0 Å². The number of methoxy groups -OCH3 is 1. The number of nitrogens with one attached hydrogen (secondary N) is 1. The van der Waals surface area contributed by atoms with E-state index < -0.39 is 0 Å². The maximum absolute atomic E-state index is 12.2. The highest BCUT2D eigenvalue weighted by atomic mass is 35.5. The van der Waals surface area contributed by atoms with Crippen LogP contribution in [-0.2, 0) is 9.59 Å². The molecule has 0 bridgehead atoms. The third-order valence-electron chi connectivity index (χ3n) is 4.77. The zero-order valence-corrected chi connectivity index (χ0v) is 17.4. The summed E-state index contributed by atoms with van der Waals surface area (Å²) in [5.41, 5.74) is 2.33. The highest BCUT2D eigenvalue weighted by Crippen LogP contribution is 2.33. The first-order valence-corrected chi connectivity index (χ1v) is 10.0. The minimum absolute atomic E-state index is 0.0935. The fraction of sp³-hybridized carbons (Fsp3) is 0.364. The maximum Gasteiger partial charge on any atom is 0.227 e. The number of nitrogens with zero attached hydrogens (tertiary/aromatic N) is 1. The summed E-state index contributed by atoms with van der Waals surface area (Å²) in [5.74, 6) is 1.30. The summed E-state index contributed by atoms with van der Waals surface area (Å²) < 4.78 is 11.1. The lowest BCUT2D eigenvalue weighted by atomic mass is 10.2. The van der Waals surface area contributed by atoms with Gasteiger partial charge in [-0.15, -0.1) is 0 Å². The van der Waals surface area contributed by atoms with Crippen molar-refractivity contribution in [2.45, 2.75) is 32.6 Å². The molecule has 2 aromatic carbocycles. The molecule has 1 N–H and O–H groups in total. The molecule has 3 rings (SSSR count). The SMILES string of the molecule is COc1cc(NC(=O)CCCOc2ccc(Cl)c(C)c2)ccc1N1CCCC1=O. The number of amides is 2. The maximum atomic E-state index is 12.2. The van der Waals surface area contributed by atoms with Gasteiger partial charge in [0.25, 0.3) is 0 Å². The molecule has 0 spiro atoms. The van der Waals surface area contributed by atoms with E-state index in [1.54, 1.807) is 30.2 Å². The van der Waals surface area contributed by atoms with Crippen molar-refractivity contribution < 1.29 is 19.1 Å². The van der Waals surface area contributed by atoms with Gasteiger partial charge in [-0.3, -0.25) is 9.59 Å². The number of carbonyl (C=O) groups is 2. The molecule has 6 nitrogen and oxygen atoms in total. The van der Waals surface area contributed by atoms with Crippen molar-refractivity contribution in [3.63, 3.8) is 0 Å². The van der Waals surface area contributed by atoms with E-state index in [-0.39, 0.29) is 11.8 Å². The zero-order chi connectivity index (χ0) is 20.8. The van der Waals surface area contributed by atoms with Gasteiger partial charge in [0.05, 0.1) is 19.4 Å². The monoisotopic (exact) mass is 416 g/mol. The van der Waals surface area contributed by atoms with Crippen LogP contribution < -0.4 is 19.7 Å². The van der Waals surface area contributed by atoms with Gasteiger partial charge in [-0.05, 0) is 55.7 Å². The van der Waals surface area contributed by atoms with Crippen molar-refractivity contribution in [1.29, 1.82) is 0 Å². The number of aryl methyl sites for hydroxylation is 1. The molecule has 0 radical (unpaired) electrons. The minimum atomic E-state index is -0.104. The number of anilines is 2. The molecule has 0 atom stereocenters. The molecule has 1 aliphatic heterocycles. The first-order chi connectivity index (χ1) is 14.0. The van der Waals surface area contributed by atoms with Gasteiger partial charge in [0.15, 0.2) is 0 Å². The van der Waals surface area contributed by atoms with Crippen LogP contribution in [0.5, 0.6) is 11.5 Å². The van der Waals surface area contributed by atoms with Crippen molar-refractivity contribution >= 4 is 34.8 Å². The summed E-state index contributed by atoms with van der Waals surface area (Å²) >= 11 is 6.00. The van der Waals surface area contributed by atoms with E-state index in [0.29, 0.717) is 48.9 Å². The van der Waals surface area contributed by atoms with Gasteiger partial charge in [0.2, 0.25) is 11.8 Å². The second kappa shape index (κ2) is 9.65. The van der Waals surface area contributed by atoms with E-state index in [1.807, 2.05) is 25.1 Å². The molecular formula is C22H25ClN2O4.